The number of hydrogen-bond donors (Lipinski definition) is 0. The van der Waals surface area contributed by atoms with E-state index in [1.54, 1.807) is 42.7 Å². The number of unbranched alkanes of at least 4 members (excludes halogenated alkanes) is 2. The van der Waals surface area contributed by atoms with Gasteiger partial charge in [0.15, 0.2) is 6.37 Å². The minimum atomic E-state index is -2.52. The third-order valence-electron chi connectivity index (χ3n) is 5.24. The molecule has 0 radical (unpaired) electrons. The highest BCUT2D eigenvalue weighted by Crippen LogP contribution is 2.44. The topological polar surface area (TPSA) is 55.4 Å². The lowest BCUT2D eigenvalue weighted by Crippen LogP contribution is -2.44. The van der Waals surface area contributed by atoms with Crippen LogP contribution in [0.3, 0.4) is 0 Å². The Hall–Kier alpha value is 1.11. The molecule has 0 aromatic carbocycles. The van der Waals surface area contributed by atoms with E-state index in [0.717, 1.165) is 23.6 Å². The molecular weight excluding hydrogens is 461 g/mol. The van der Waals surface area contributed by atoms with Crippen molar-refractivity contribution in [2.75, 3.05) is 54.2 Å². The predicted octanol–water partition coefficient (Wildman–Crippen LogP) is 5.25. The van der Waals surface area contributed by atoms with Crippen LogP contribution in [0.25, 0.3) is 0 Å². The summed E-state index contributed by atoms with van der Waals surface area (Å²) in [7, 11) is 5.14. The van der Waals surface area contributed by atoms with E-state index in [0.29, 0.717) is 0 Å². The third kappa shape index (κ3) is 10.5. The highest BCUT2D eigenvalue weighted by Gasteiger charge is 2.42. The summed E-state index contributed by atoms with van der Waals surface area (Å²) in [6, 6.07) is 4.37. The smallest absolute Gasteiger partial charge is 0.377 e. The standard InChI is InChI=1S/C18H44O6S2Si3/c1-9-11-15-27(16-12-10-2,25-13-17-28(19-3,20-4)21-5)26-14-18-29(22-6,23-7)24-8/h9-18H2,1-8H3. The Morgan fingerprint density at radius 1 is 0.517 bits per heavy atom. The van der Waals surface area contributed by atoms with Gasteiger partial charge in [-0.15, -0.1) is 0 Å². The van der Waals surface area contributed by atoms with Crippen LogP contribution in [0.4, 0.5) is 0 Å². The summed E-state index contributed by atoms with van der Waals surface area (Å²) < 4.78 is 33.8. The summed E-state index contributed by atoms with van der Waals surface area (Å²) in [5.74, 6) is 2.05. The van der Waals surface area contributed by atoms with Gasteiger partial charge in [0, 0.05) is 54.7 Å². The van der Waals surface area contributed by atoms with Crippen molar-refractivity contribution in [3.05, 3.63) is 0 Å². The summed E-state index contributed by atoms with van der Waals surface area (Å²) in [6.45, 7) is 4.57. The summed E-state index contributed by atoms with van der Waals surface area (Å²) in [5.41, 5.74) is 0. The Morgan fingerprint density at radius 3 is 1.07 bits per heavy atom. The van der Waals surface area contributed by atoms with Gasteiger partial charge in [-0.1, -0.05) is 39.5 Å². The first-order chi connectivity index (χ1) is 13.9. The fourth-order valence-corrected chi connectivity index (χ4v) is 21.7. The van der Waals surface area contributed by atoms with Crippen LogP contribution in [-0.2, 0) is 26.6 Å². The molecule has 0 aliphatic rings. The second-order valence-corrected chi connectivity index (χ2v) is 24.5. The first-order valence-electron chi connectivity index (χ1n) is 10.5. The molecule has 176 valence electrons. The third-order valence-corrected chi connectivity index (χ3v) is 24.5. The van der Waals surface area contributed by atoms with Crippen molar-refractivity contribution in [1.82, 2.24) is 0 Å². The summed E-state index contributed by atoms with van der Waals surface area (Å²) in [4.78, 5) is 0. The minimum absolute atomic E-state index is 0.849. The van der Waals surface area contributed by atoms with Gasteiger partial charge in [0.05, 0.1) is 0 Å². The highest BCUT2D eigenvalue weighted by molar-refractivity contribution is 8.58. The Balaban J connectivity index is 5.20. The van der Waals surface area contributed by atoms with E-state index in [4.69, 9.17) is 26.6 Å². The molecule has 0 aromatic rings. The first-order valence-corrected chi connectivity index (χ1v) is 20.2. The van der Waals surface area contributed by atoms with Gasteiger partial charge in [-0.3, -0.25) is 0 Å². The minimum Gasteiger partial charge on any atom is -0.377 e. The molecule has 6 nitrogen and oxygen atoms in total. The fourth-order valence-electron chi connectivity index (χ4n) is 3.18. The predicted molar refractivity (Wildman–Crippen MR) is 133 cm³/mol. The molecule has 0 fully saturated rings. The molecule has 0 heterocycles. The van der Waals surface area contributed by atoms with Gasteiger partial charge >= 0.3 is 17.6 Å². The van der Waals surface area contributed by atoms with Gasteiger partial charge in [0.1, 0.15) is 0 Å². The van der Waals surface area contributed by atoms with Crippen molar-refractivity contribution in [2.24, 2.45) is 0 Å². The van der Waals surface area contributed by atoms with E-state index < -0.39 is 24.0 Å². The monoisotopic (exact) mass is 504 g/mol. The Kier molecular flexibility index (Phi) is 17.3. The van der Waals surface area contributed by atoms with Crippen molar-refractivity contribution in [1.29, 1.82) is 0 Å². The van der Waals surface area contributed by atoms with Crippen molar-refractivity contribution in [2.45, 2.75) is 63.7 Å². The lowest BCUT2D eigenvalue weighted by Gasteiger charge is -2.33. The van der Waals surface area contributed by atoms with E-state index >= 15 is 0 Å². The zero-order chi connectivity index (χ0) is 22.2. The lowest BCUT2D eigenvalue weighted by atomic mass is 10.4. The SMILES string of the molecule is CCCC[Si](CCCC)(SCC[Si](OC)(OC)OC)SCC[Si](OC)(OC)OC. The Bertz CT molecular complexity index is 349. The number of rotatable bonds is 20. The molecule has 0 saturated heterocycles. The molecule has 0 aliphatic carbocycles. The molecule has 0 aliphatic heterocycles. The molecule has 0 bridgehead atoms. The quantitative estimate of drug-likeness (QED) is 0.208. The average Bonchev–Trinajstić information content (AvgIpc) is 2.77. The lowest BCUT2D eigenvalue weighted by molar-refractivity contribution is 0.125. The highest BCUT2D eigenvalue weighted by atomic mass is 32.6. The normalized spacial score (nSPS) is 13.2. The molecule has 0 amide bonds. The number of hydrogen-bond acceptors (Lipinski definition) is 8. The largest absolute Gasteiger partial charge is 0.500 e. The van der Waals surface area contributed by atoms with Crippen LogP contribution in [-0.4, -0.2) is 78.1 Å². The van der Waals surface area contributed by atoms with Crippen molar-refractivity contribution in [3.63, 3.8) is 0 Å². The maximum Gasteiger partial charge on any atom is 0.500 e. The Labute approximate surface area is 190 Å². The molecule has 0 saturated carbocycles. The molecule has 29 heavy (non-hydrogen) atoms. The maximum atomic E-state index is 5.63. The van der Waals surface area contributed by atoms with Crippen LogP contribution in [0.2, 0.25) is 24.2 Å². The van der Waals surface area contributed by atoms with Gasteiger partial charge in [-0.25, -0.2) is 0 Å². The van der Waals surface area contributed by atoms with Gasteiger partial charge in [0.2, 0.25) is 0 Å². The van der Waals surface area contributed by atoms with Crippen LogP contribution < -0.4 is 0 Å². The van der Waals surface area contributed by atoms with Crippen LogP contribution in [0.15, 0.2) is 0 Å². The van der Waals surface area contributed by atoms with Gasteiger partial charge in [0.25, 0.3) is 0 Å². The van der Waals surface area contributed by atoms with E-state index in [9.17, 15) is 0 Å². The fraction of sp³-hybridized carbons (Fsp3) is 1.00. The molecule has 11 heteroatoms. The van der Waals surface area contributed by atoms with Crippen LogP contribution >= 0.6 is 22.4 Å². The zero-order valence-electron chi connectivity index (χ0n) is 19.8. The van der Waals surface area contributed by atoms with Crippen molar-refractivity contribution in [3.8, 4) is 0 Å². The van der Waals surface area contributed by atoms with E-state index in [2.05, 4.69) is 36.3 Å². The molecule has 0 rings (SSSR count). The van der Waals surface area contributed by atoms with Crippen LogP contribution in [0.1, 0.15) is 39.5 Å². The van der Waals surface area contributed by atoms with Gasteiger partial charge in [-0.2, -0.15) is 22.4 Å². The van der Waals surface area contributed by atoms with Crippen LogP contribution in [0.5, 0.6) is 0 Å². The molecule has 0 N–H and O–H groups in total. The molecule has 0 spiro atoms. The average molecular weight is 505 g/mol. The zero-order valence-corrected chi connectivity index (χ0v) is 24.5. The summed E-state index contributed by atoms with van der Waals surface area (Å²) in [5, 5.41) is 0. The van der Waals surface area contributed by atoms with E-state index in [1.807, 2.05) is 0 Å². The summed E-state index contributed by atoms with van der Waals surface area (Å²) >= 11 is 4.37. The Morgan fingerprint density at radius 2 is 0.828 bits per heavy atom. The van der Waals surface area contributed by atoms with E-state index in [1.165, 1.54) is 37.8 Å². The van der Waals surface area contributed by atoms with Gasteiger partial charge < -0.3 is 26.6 Å². The molecule has 0 atom stereocenters. The second-order valence-electron chi connectivity index (χ2n) is 6.91. The molecular formula is C18H44O6S2Si3. The van der Waals surface area contributed by atoms with E-state index in [-0.39, 0.29) is 0 Å². The molecule has 0 unspecified atom stereocenters. The first kappa shape index (κ1) is 30.1. The summed E-state index contributed by atoms with van der Waals surface area (Å²) in [6.07, 6.45) is 3.49. The van der Waals surface area contributed by atoms with Crippen molar-refractivity contribution >= 4 is 46.4 Å². The maximum absolute atomic E-state index is 5.63. The second kappa shape index (κ2) is 16.7. The molecule has 0 aromatic heterocycles. The van der Waals surface area contributed by atoms with Crippen LogP contribution in [0, 0.1) is 0 Å². The van der Waals surface area contributed by atoms with Crippen molar-refractivity contribution < 1.29 is 26.6 Å². The van der Waals surface area contributed by atoms with Gasteiger partial charge in [-0.05, 0) is 23.6 Å².